The quantitative estimate of drug-likeness (QED) is 0.795. The Morgan fingerprint density at radius 1 is 1.32 bits per heavy atom. The summed E-state index contributed by atoms with van der Waals surface area (Å²) in [6.07, 6.45) is 0. The minimum absolute atomic E-state index is 0.0547. The van der Waals surface area contributed by atoms with E-state index in [2.05, 4.69) is 5.32 Å². The highest BCUT2D eigenvalue weighted by molar-refractivity contribution is 5.73. The Kier molecular flexibility index (Phi) is 5.63. The number of benzene rings is 1. The van der Waals surface area contributed by atoms with Gasteiger partial charge in [-0.15, -0.1) is 0 Å². The monoisotopic (exact) mass is 266 g/mol. The minimum Gasteiger partial charge on any atom is -0.473 e. The Morgan fingerprint density at radius 3 is 2.58 bits per heavy atom. The average molecular weight is 266 g/mol. The van der Waals surface area contributed by atoms with Crippen molar-refractivity contribution in [2.45, 2.75) is 20.8 Å². The maximum absolute atomic E-state index is 11.6. The highest BCUT2D eigenvalue weighted by Crippen LogP contribution is 2.25. The lowest BCUT2D eigenvalue weighted by Crippen LogP contribution is -2.40. The van der Waals surface area contributed by atoms with E-state index in [1.807, 2.05) is 32.9 Å². The molecule has 0 bridgehead atoms. The fraction of sp³-hybridized carbons (Fsp3) is 0.500. The Morgan fingerprint density at radius 2 is 1.95 bits per heavy atom. The van der Waals surface area contributed by atoms with E-state index in [0.29, 0.717) is 6.54 Å². The summed E-state index contributed by atoms with van der Waals surface area (Å²) >= 11 is 0. The third-order valence-electron chi connectivity index (χ3n) is 3.10. The van der Waals surface area contributed by atoms with Crippen LogP contribution in [0.1, 0.15) is 16.7 Å². The van der Waals surface area contributed by atoms with Gasteiger partial charge in [0.05, 0.1) is 6.61 Å². The van der Waals surface area contributed by atoms with Crippen molar-refractivity contribution in [3.63, 3.8) is 0 Å². The average Bonchev–Trinajstić information content (AvgIpc) is 2.38. The number of carbonyl (C=O) groups is 1. The molecule has 0 saturated heterocycles. The van der Waals surface area contributed by atoms with Gasteiger partial charge in [0.1, 0.15) is 5.75 Å². The second-order valence-corrected chi connectivity index (χ2v) is 4.57. The van der Waals surface area contributed by atoms with Crippen molar-refractivity contribution in [3.05, 3.63) is 28.8 Å². The first kappa shape index (κ1) is 15.3. The van der Waals surface area contributed by atoms with Crippen LogP contribution in [0.4, 0.5) is 4.79 Å². The Balaban J connectivity index is 2.54. The van der Waals surface area contributed by atoms with Gasteiger partial charge in [-0.25, -0.2) is 4.79 Å². The second kappa shape index (κ2) is 6.99. The summed E-state index contributed by atoms with van der Waals surface area (Å²) in [5, 5.41) is 11.4. The lowest BCUT2D eigenvalue weighted by Gasteiger charge is -2.18. The second-order valence-electron chi connectivity index (χ2n) is 4.57. The van der Waals surface area contributed by atoms with Crippen LogP contribution in [0.25, 0.3) is 0 Å². The summed E-state index contributed by atoms with van der Waals surface area (Å²) in [5.41, 5.74) is 3.28. The van der Waals surface area contributed by atoms with Gasteiger partial charge >= 0.3 is 6.03 Å². The molecule has 1 aromatic carbocycles. The normalized spacial score (nSPS) is 10.2. The molecule has 0 heterocycles. The molecule has 2 amide bonds. The van der Waals surface area contributed by atoms with Crippen LogP contribution in [0.3, 0.4) is 0 Å². The van der Waals surface area contributed by atoms with E-state index in [1.165, 1.54) is 4.90 Å². The maximum atomic E-state index is 11.6. The summed E-state index contributed by atoms with van der Waals surface area (Å²) in [5.74, 6) is 0.810. The Bertz CT molecular complexity index is 447. The van der Waals surface area contributed by atoms with Crippen molar-refractivity contribution in [1.29, 1.82) is 0 Å². The van der Waals surface area contributed by atoms with Crippen molar-refractivity contribution in [3.8, 4) is 5.75 Å². The van der Waals surface area contributed by atoms with Crippen LogP contribution in [0.15, 0.2) is 12.1 Å². The number of nitrogens with zero attached hydrogens (tertiary/aromatic N) is 1. The molecule has 1 rings (SSSR count). The molecule has 0 aliphatic carbocycles. The van der Waals surface area contributed by atoms with E-state index in [4.69, 9.17) is 9.84 Å². The van der Waals surface area contributed by atoms with Crippen molar-refractivity contribution in [1.82, 2.24) is 10.2 Å². The molecule has 0 radical (unpaired) electrons. The largest absolute Gasteiger partial charge is 0.473 e. The SMILES string of the molecule is Cc1ccc(C)c(OCNC(=O)N(C)CCO)c1C. The number of aliphatic hydroxyl groups is 1. The Hall–Kier alpha value is -1.75. The molecule has 2 N–H and O–H groups in total. The summed E-state index contributed by atoms with van der Waals surface area (Å²) in [4.78, 5) is 13.0. The van der Waals surface area contributed by atoms with E-state index in [9.17, 15) is 4.79 Å². The molecule has 19 heavy (non-hydrogen) atoms. The molecule has 0 fully saturated rings. The molecule has 1 aromatic rings. The van der Waals surface area contributed by atoms with Crippen molar-refractivity contribution >= 4 is 6.03 Å². The molecule has 106 valence electrons. The molecular formula is C14H22N2O3. The van der Waals surface area contributed by atoms with Gasteiger partial charge in [-0.3, -0.25) is 0 Å². The fourth-order valence-electron chi connectivity index (χ4n) is 1.70. The van der Waals surface area contributed by atoms with Crippen LogP contribution in [0.2, 0.25) is 0 Å². The van der Waals surface area contributed by atoms with E-state index in [-0.39, 0.29) is 19.4 Å². The van der Waals surface area contributed by atoms with Gasteiger partial charge in [0.25, 0.3) is 0 Å². The van der Waals surface area contributed by atoms with E-state index in [0.717, 1.165) is 22.4 Å². The van der Waals surface area contributed by atoms with Gasteiger partial charge in [0, 0.05) is 13.6 Å². The van der Waals surface area contributed by atoms with Gasteiger partial charge < -0.3 is 20.1 Å². The van der Waals surface area contributed by atoms with Crippen molar-refractivity contribution < 1.29 is 14.6 Å². The molecule has 5 nitrogen and oxygen atoms in total. The number of aryl methyl sites for hydroxylation is 2. The number of carbonyl (C=O) groups excluding carboxylic acids is 1. The molecule has 0 aliphatic heterocycles. The Labute approximate surface area is 114 Å². The van der Waals surface area contributed by atoms with E-state index < -0.39 is 0 Å². The highest BCUT2D eigenvalue weighted by atomic mass is 16.5. The fourth-order valence-corrected chi connectivity index (χ4v) is 1.70. The molecule has 0 unspecified atom stereocenters. The van der Waals surface area contributed by atoms with Crippen molar-refractivity contribution in [2.75, 3.05) is 26.9 Å². The molecule has 0 atom stereocenters. The number of likely N-dealkylation sites (N-methyl/N-ethyl adjacent to an activating group) is 1. The van der Waals surface area contributed by atoms with Crippen LogP contribution in [-0.4, -0.2) is 43.0 Å². The van der Waals surface area contributed by atoms with E-state index >= 15 is 0 Å². The number of rotatable bonds is 5. The first-order valence-corrected chi connectivity index (χ1v) is 6.26. The van der Waals surface area contributed by atoms with Crippen LogP contribution < -0.4 is 10.1 Å². The molecule has 5 heteroatoms. The number of urea groups is 1. The van der Waals surface area contributed by atoms with Gasteiger partial charge in [-0.2, -0.15) is 0 Å². The topological polar surface area (TPSA) is 61.8 Å². The molecule has 0 spiro atoms. The first-order valence-electron chi connectivity index (χ1n) is 6.26. The number of amides is 2. The van der Waals surface area contributed by atoms with E-state index in [1.54, 1.807) is 7.05 Å². The molecular weight excluding hydrogens is 244 g/mol. The number of hydrogen-bond acceptors (Lipinski definition) is 3. The van der Waals surface area contributed by atoms with Crippen LogP contribution in [0.5, 0.6) is 5.75 Å². The summed E-state index contributed by atoms with van der Waals surface area (Å²) in [6.45, 7) is 6.35. The zero-order valence-electron chi connectivity index (χ0n) is 12.0. The lowest BCUT2D eigenvalue weighted by molar-refractivity contribution is 0.179. The number of aliphatic hydroxyl groups excluding tert-OH is 1. The van der Waals surface area contributed by atoms with Gasteiger partial charge in [0.15, 0.2) is 6.73 Å². The maximum Gasteiger partial charge on any atom is 0.319 e. The number of nitrogens with one attached hydrogen (secondary N) is 1. The smallest absolute Gasteiger partial charge is 0.319 e. The van der Waals surface area contributed by atoms with Crippen LogP contribution >= 0.6 is 0 Å². The summed E-state index contributed by atoms with van der Waals surface area (Å²) in [7, 11) is 1.62. The predicted molar refractivity (Wildman–Crippen MR) is 74.4 cm³/mol. The van der Waals surface area contributed by atoms with Crippen LogP contribution in [0, 0.1) is 20.8 Å². The lowest BCUT2D eigenvalue weighted by atomic mass is 10.1. The minimum atomic E-state index is -0.267. The molecule has 0 saturated carbocycles. The number of ether oxygens (including phenoxy) is 1. The predicted octanol–water partition coefficient (Wildman–Crippen LogP) is 1.58. The third-order valence-corrected chi connectivity index (χ3v) is 3.10. The molecule has 0 aromatic heterocycles. The zero-order valence-corrected chi connectivity index (χ0v) is 12.0. The molecule has 0 aliphatic rings. The van der Waals surface area contributed by atoms with Crippen molar-refractivity contribution in [2.24, 2.45) is 0 Å². The van der Waals surface area contributed by atoms with Gasteiger partial charge in [-0.05, 0) is 37.5 Å². The third kappa shape index (κ3) is 4.13. The standard InChI is InChI=1S/C14H22N2O3/c1-10-5-6-11(2)13(12(10)3)19-9-15-14(18)16(4)7-8-17/h5-6,17H,7-9H2,1-4H3,(H,15,18). The first-order chi connectivity index (χ1) is 8.97. The summed E-state index contributed by atoms with van der Waals surface area (Å²) < 4.78 is 5.63. The zero-order chi connectivity index (χ0) is 14.4. The highest BCUT2D eigenvalue weighted by Gasteiger charge is 2.09. The summed E-state index contributed by atoms with van der Waals surface area (Å²) in [6, 6.07) is 3.78. The number of hydrogen-bond donors (Lipinski definition) is 2. The van der Waals surface area contributed by atoms with Crippen LogP contribution in [-0.2, 0) is 0 Å². The van der Waals surface area contributed by atoms with Gasteiger partial charge in [0.2, 0.25) is 0 Å². The van der Waals surface area contributed by atoms with Gasteiger partial charge in [-0.1, -0.05) is 12.1 Å².